The van der Waals surface area contributed by atoms with Crippen molar-refractivity contribution < 1.29 is 17.2 Å². The van der Waals surface area contributed by atoms with E-state index >= 15 is 0 Å². The monoisotopic (exact) mass is 199 g/mol. The molecule has 12 heavy (non-hydrogen) atoms. The lowest BCUT2D eigenvalue weighted by atomic mass is 10.0. The second-order valence-electron chi connectivity index (χ2n) is 3.05. The first-order valence-electron chi connectivity index (χ1n) is 3.59. The maximum Gasteiger partial charge on any atom is 0.257 e. The molecule has 3 nitrogen and oxygen atoms in total. The number of sulfone groups is 1. The first-order chi connectivity index (χ1) is 5.42. The minimum atomic E-state index is -3.25. The van der Waals surface area contributed by atoms with Crippen LogP contribution in [0.25, 0.3) is 0 Å². The van der Waals surface area contributed by atoms with Crippen molar-refractivity contribution in [1.82, 2.24) is 5.32 Å². The number of hydrogen-bond donors (Lipinski definition) is 1. The van der Waals surface area contributed by atoms with E-state index in [0.717, 1.165) is 0 Å². The van der Waals surface area contributed by atoms with Crippen molar-refractivity contribution in [2.45, 2.75) is 18.4 Å². The fraction of sp³-hybridized carbons (Fsp3) is 1.00. The molecule has 1 fully saturated rings. The smallest absolute Gasteiger partial charge is 0.257 e. The Hall–Kier alpha value is -0.230. The summed E-state index contributed by atoms with van der Waals surface area (Å²) < 4.78 is 46.7. The zero-order valence-electron chi connectivity index (χ0n) is 6.68. The molecular weight excluding hydrogens is 188 g/mol. The summed E-state index contributed by atoms with van der Waals surface area (Å²) in [7, 11) is -1.89. The second-order valence-corrected chi connectivity index (χ2v) is 5.23. The zero-order valence-corrected chi connectivity index (χ0v) is 7.50. The van der Waals surface area contributed by atoms with Crippen LogP contribution in [-0.4, -0.2) is 38.9 Å². The number of alkyl halides is 2. The van der Waals surface area contributed by atoms with Crippen molar-refractivity contribution in [2.24, 2.45) is 0 Å². The van der Waals surface area contributed by atoms with Gasteiger partial charge in [0.25, 0.3) is 6.43 Å². The normalized spacial score (nSPS) is 34.3. The molecule has 0 aliphatic carbocycles. The SMILES string of the molecule is CNC1(C(F)F)CCS(=O)(=O)C1. The Bertz CT molecular complexity index is 265. The molecule has 0 aromatic heterocycles. The Morgan fingerprint density at radius 1 is 1.50 bits per heavy atom. The van der Waals surface area contributed by atoms with E-state index in [1.165, 1.54) is 7.05 Å². The predicted molar refractivity (Wildman–Crippen MR) is 41.1 cm³/mol. The van der Waals surface area contributed by atoms with Crippen molar-refractivity contribution in [3.63, 3.8) is 0 Å². The molecule has 1 N–H and O–H groups in total. The van der Waals surface area contributed by atoms with E-state index < -0.39 is 27.6 Å². The van der Waals surface area contributed by atoms with Gasteiger partial charge in [-0.15, -0.1) is 0 Å². The second kappa shape index (κ2) is 2.92. The lowest BCUT2D eigenvalue weighted by Crippen LogP contribution is -2.50. The Labute approximate surface area is 70.1 Å². The highest BCUT2D eigenvalue weighted by Gasteiger charge is 2.47. The molecule has 1 saturated heterocycles. The topological polar surface area (TPSA) is 46.2 Å². The van der Waals surface area contributed by atoms with Crippen molar-refractivity contribution in [3.8, 4) is 0 Å². The van der Waals surface area contributed by atoms with Gasteiger partial charge in [0, 0.05) is 0 Å². The number of rotatable bonds is 2. The Balaban J connectivity index is 2.87. The van der Waals surface area contributed by atoms with E-state index in [1.807, 2.05) is 0 Å². The zero-order chi connectivity index (χ0) is 9.41. The molecule has 0 radical (unpaired) electrons. The van der Waals surface area contributed by atoms with E-state index in [9.17, 15) is 17.2 Å². The summed E-state index contributed by atoms with van der Waals surface area (Å²) in [5.41, 5.74) is -1.50. The third-order valence-corrected chi connectivity index (χ3v) is 4.03. The lowest BCUT2D eigenvalue weighted by Gasteiger charge is -2.25. The fourth-order valence-electron chi connectivity index (χ4n) is 1.35. The molecule has 0 spiro atoms. The Morgan fingerprint density at radius 2 is 2.08 bits per heavy atom. The largest absolute Gasteiger partial charge is 0.309 e. The summed E-state index contributed by atoms with van der Waals surface area (Å²) in [6.07, 6.45) is -2.62. The average Bonchev–Trinajstić information content (AvgIpc) is 2.27. The van der Waals surface area contributed by atoms with Crippen molar-refractivity contribution in [1.29, 1.82) is 0 Å². The standard InChI is InChI=1S/C6H11F2NO2S/c1-9-6(5(7)8)2-3-12(10,11)4-6/h5,9H,2-4H2,1H3. The van der Waals surface area contributed by atoms with Gasteiger partial charge < -0.3 is 5.32 Å². The molecule has 0 amide bonds. The van der Waals surface area contributed by atoms with Crippen molar-refractivity contribution in [3.05, 3.63) is 0 Å². The van der Waals surface area contributed by atoms with Gasteiger partial charge in [0.05, 0.1) is 17.0 Å². The minimum absolute atomic E-state index is 0.00347. The van der Waals surface area contributed by atoms with Crippen LogP contribution in [0.15, 0.2) is 0 Å². The van der Waals surface area contributed by atoms with Crippen LogP contribution in [0.1, 0.15) is 6.42 Å². The van der Waals surface area contributed by atoms with Crippen LogP contribution in [0.4, 0.5) is 8.78 Å². The molecule has 6 heteroatoms. The highest BCUT2D eigenvalue weighted by atomic mass is 32.2. The van der Waals surface area contributed by atoms with E-state index in [-0.39, 0.29) is 12.2 Å². The summed E-state index contributed by atoms with van der Waals surface area (Å²) >= 11 is 0. The van der Waals surface area contributed by atoms with E-state index in [1.54, 1.807) is 0 Å². The quantitative estimate of drug-likeness (QED) is 0.682. The maximum absolute atomic E-state index is 12.4. The third kappa shape index (κ3) is 1.59. The molecule has 72 valence electrons. The first-order valence-corrected chi connectivity index (χ1v) is 5.41. The molecule has 1 heterocycles. The van der Waals surface area contributed by atoms with Crippen LogP contribution in [0.3, 0.4) is 0 Å². The van der Waals surface area contributed by atoms with Gasteiger partial charge >= 0.3 is 0 Å². The summed E-state index contributed by atoms with van der Waals surface area (Å²) in [5.74, 6) is -0.591. The third-order valence-electron chi connectivity index (χ3n) is 2.25. The molecule has 0 aromatic rings. The van der Waals surface area contributed by atoms with Crippen molar-refractivity contribution in [2.75, 3.05) is 18.6 Å². The van der Waals surface area contributed by atoms with Gasteiger partial charge in [-0.05, 0) is 13.5 Å². The Kier molecular flexibility index (Phi) is 2.40. The average molecular weight is 199 g/mol. The molecule has 1 unspecified atom stereocenters. The van der Waals surface area contributed by atoms with Gasteiger partial charge in [-0.1, -0.05) is 0 Å². The fourth-order valence-corrected chi connectivity index (χ4v) is 3.37. The molecule has 1 aliphatic rings. The van der Waals surface area contributed by atoms with Crippen LogP contribution >= 0.6 is 0 Å². The van der Waals surface area contributed by atoms with Gasteiger partial charge in [-0.3, -0.25) is 0 Å². The number of hydrogen-bond acceptors (Lipinski definition) is 3. The van der Waals surface area contributed by atoms with E-state index in [2.05, 4.69) is 5.32 Å². The molecule has 1 atom stereocenters. The predicted octanol–water partition coefficient (Wildman–Crippen LogP) is 0.0282. The first kappa shape index (κ1) is 9.85. The summed E-state index contributed by atoms with van der Waals surface area (Å²) in [5, 5.41) is 2.40. The molecule has 0 bridgehead atoms. The van der Waals surface area contributed by atoms with Crippen molar-refractivity contribution >= 4 is 9.84 Å². The summed E-state index contributed by atoms with van der Waals surface area (Å²) in [6.45, 7) is 0. The van der Waals surface area contributed by atoms with Crippen LogP contribution < -0.4 is 5.32 Å². The highest BCUT2D eigenvalue weighted by Crippen LogP contribution is 2.28. The molecule has 1 aliphatic heterocycles. The van der Waals surface area contributed by atoms with Crippen LogP contribution in [-0.2, 0) is 9.84 Å². The van der Waals surface area contributed by atoms with Crippen LogP contribution in [0, 0.1) is 0 Å². The molecular formula is C6H11F2NO2S. The van der Waals surface area contributed by atoms with Crippen LogP contribution in [0.2, 0.25) is 0 Å². The highest BCUT2D eigenvalue weighted by molar-refractivity contribution is 7.91. The van der Waals surface area contributed by atoms with Gasteiger partial charge in [0.1, 0.15) is 0 Å². The molecule has 1 rings (SSSR count). The van der Waals surface area contributed by atoms with Gasteiger partial charge in [0.2, 0.25) is 0 Å². The number of nitrogens with one attached hydrogen (secondary N) is 1. The minimum Gasteiger partial charge on any atom is -0.309 e. The Morgan fingerprint density at radius 3 is 2.25 bits per heavy atom. The van der Waals surface area contributed by atoms with Gasteiger partial charge in [0.15, 0.2) is 9.84 Å². The van der Waals surface area contributed by atoms with E-state index in [4.69, 9.17) is 0 Å². The molecule has 0 saturated carbocycles. The van der Waals surface area contributed by atoms with Gasteiger partial charge in [-0.2, -0.15) is 0 Å². The summed E-state index contributed by atoms with van der Waals surface area (Å²) in [4.78, 5) is 0. The lowest BCUT2D eigenvalue weighted by molar-refractivity contribution is 0.0492. The number of halogens is 2. The summed E-state index contributed by atoms with van der Waals surface area (Å²) in [6, 6.07) is 0. The van der Waals surface area contributed by atoms with Crippen LogP contribution in [0.5, 0.6) is 0 Å². The molecule has 0 aromatic carbocycles. The van der Waals surface area contributed by atoms with Gasteiger partial charge in [-0.25, -0.2) is 17.2 Å². The maximum atomic E-state index is 12.4. The van der Waals surface area contributed by atoms with E-state index in [0.29, 0.717) is 0 Å².